The first kappa shape index (κ1) is 20.4. The van der Waals surface area contributed by atoms with Gasteiger partial charge in [0.25, 0.3) is 0 Å². The van der Waals surface area contributed by atoms with Crippen molar-refractivity contribution < 1.29 is 14.3 Å². The average molecular weight is 332 g/mol. The Balaban J connectivity index is 3.01. The Kier molecular flexibility index (Phi) is 7.65. The molecule has 0 heterocycles. The zero-order valence-corrected chi connectivity index (χ0v) is 16.2. The molecule has 3 nitrogen and oxygen atoms in total. The second-order valence-corrected chi connectivity index (χ2v) is 7.28. The van der Waals surface area contributed by atoms with Crippen LogP contribution in [0.5, 0.6) is 0 Å². The number of Topliss-reactive ketones (excluding diaryl/α,β-unsaturated/α-hetero) is 1. The molecule has 2 atom stereocenters. The lowest BCUT2D eigenvalue weighted by atomic mass is 9.90. The molecule has 0 saturated carbocycles. The molecule has 0 saturated heterocycles. The van der Waals surface area contributed by atoms with Crippen LogP contribution in [0.25, 0.3) is 0 Å². The van der Waals surface area contributed by atoms with Crippen molar-refractivity contribution in [3.05, 3.63) is 34.4 Å². The molecule has 0 radical (unpaired) electrons. The van der Waals surface area contributed by atoms with Crippen molar-refractivity contribution >= 4 is 11.8 Å². The lowest BCUT2D eigenvalue weighted by Crippen LogP contribution is -2.35. The molecular formula is C21H32O3. The third-order valence-corrected chi connectivity index (χ3v) is 4.42. The number of ether oxygens (including phenoxy) is 1. The molecule has 1 aromatic carbocycles. The van der Waals surface area contributed by atoms with Crippen LogP contribution in [0, 0.1) is 32.6 Å². The topological polar surface area (TPSA) is 43.4 Å². The molecule has 0 bridgehead atoms. The molecule has 0 aliphatic carbocycles. The van der Waals surface area contributed by atoms with Gasteiger partial charge in [-0.25, -0.2) is 0 Å². The maximum absolute atomic E-state index is 13.0. The van der Waals surface area contributed by atoms with Crippen LogP contribution in [0.3, 0.4) is 0 Å². The van der Waals surface area contributed by atoms with E-state index in [2.05, 4.69) is 6.92 Å². The van der Waals surface area contributed by atoms with Gasteiger partial charge in [-0.15, -0.1) is 0 Å². The molecule has 1 rings (SSSR count). The molecule has 2 unspecified atom stereocenters. The van der Waals surface area contributed by atoms with Crippen LogP contribution in [-0.4, -0.2) is 17.9 Å². The molecule has 3 heteroatoms. The van der Waals surface area contributed by atoms with Crippen LogP contribution >= 0.6 is 0 Å². The van der Waals surface area contributed by atoms with E-state index in [1.165, 1.54) is 0 Å². The number of carbonyl (C=O) groups excluding carboxylic acids is 2. The summed E-state index contributed by atoms with van der Waals surface area (Å²) in [6, 6.07) is 4.01. The maximum Gasteiger partial charge on any atom is 0.309 e. The van der Waals surface area contributed by atoms with Crippen LogP contribution in [-0.2, 0) is 9.53 Å². The van der Waals surface area contributed by atoms with Crippen LogP contribution in [0.1, 0.15) is 74.0 Å². The molecule has 24 heavy (non-hydrogen) atoms. The maximum atomic E-state index is 13.0. The van der Waals surface area contributed by atoms with Gasteiger partial charge in [0, 0.05) is 5.56 Å². The fourth-order valence-corrected chi connectivity index (χ4v) is 3.07. The van der Waals surface area contributed by atoms with Crippen LogP contribution in [0.4, 0.5) is 0 Å². The van der Waals surface area contributed by atoms with Gasteiger partial charge in [0.05, 0.1) is 5.92 Å². The summed E-state index contributed by atoms with van der Waals surface area (Å²) in [5.41, 5.74) is 3.71. The highest BCUT2D eigenvalue weighted by molar-refractivity contribution is 6.03. The number of ketones is 1. The highest BCUT2D eigenvalue weighted by atomic mass is 16.5. The quantitative estimate of drug-likeness (QED) is 0.486. The Labute approximate surface area is 146 Å². The summed E-state index contributed by atoms with van der Waals surface area (Å²) in [7, 11) is 0. The van der Waals surface area contributed by atoms with Gasteiger partial charge >= 0.3 is 5.97 Å². The predicted molar refractivity (Wildman–Crippen MR) is 98.4 cm³/mol. The van der Waals surface area contributed by atoms with Gasteiger partial charge in [-0.2, -0.15) is 0 Å². The molecule has 0 spiro atoms. The Bertz CT molecular complexity index is 564. The first-order valence-corrected chi connectivity index (χ1v) is 9.01. The Morgan fingerprint density at radius 3 is 2.04 bits per heavy atom. The Hall–Kier alpha value is -1.64. The number of hydrogen-bond donors (Lipinski definition) is 0. The second-order valence-electron chi connectivity index (χ2n) is 7.28. The van der Waals surface area contributed by atoms with E-state index in [0.717, 1.165) is 36.0 Å². The van der Waals surface area contributed by atoms with Crippen molar-refractivity contribution in [3.8, 4) is 0 Å². The molecule has 0 fully saturated rings. The molecule has 0 aromatic heterocycles. The molecular weight excluding hydrogens is 300 g/mol. The minimum Gasteiger partial charge on any atom is -0.453 e. The van der Waals surface area contributed by atoms with Crippen molar-refractivity contribution in [1.82, 2.24) is 0 Å². The summed E-state index contributed by atoms with van der Waals surface area (Å²) in [5.74, 6) is -0.576. The SMILES string of the molecule is CCCCC(C)C(=O)OC(C(=O)c1c(C)cc(C)cc1C)C(C)C. The van der Waals surface area contributed by atoms with E-state index < -0.39 is 6.10 Å². The van der Waals surface area contributed by atoms with Gasteiger partial charge < -0.3 is 4.74 Å². The molecule has 0 amide bonds. The number of benzene rings is 1. The largest absolute Gasteiger partial charge is 0.453 e. The molecule has 1 aromatic rings. The number of hydrogen-bond acceptors (Lipinski definition) is 3. The predicted octanol–water partition coefficient (Wildman–Crippen LogP) is 5.19. The van der Waals surface area contributed by atoms with Crippen LogP contribution in [0.15, 0.2) is 12.1 Å². The van der Waals surface area contributed by atoms with E-state index in [4.69, 9.17) is 4.74 Å². The number of aryl methyl sites for hydroxylation is 3. The highest BCUT2D eigenvalue weighted by Crippen LogP contribution is 2.23. The van der Waals surface area contributed by atoms with E-state index in [-0.39, 0.29) is 23.6 Å². The minimum absolute atomic E-state index is 0.0556. The molecule has 0 aliphatic heterocycles. The lowest BCUT2D eigenvalue weighted by molar-refractivity contribution is -0.153. The summed E-state index contributed by atoms with van der Waals surface area (Å²) in [4.78, 5) is 25.4. The third-order valence-electron chi connectivity index (χ3n) is 4.42. The Morgan fingerprint density at radius 1 is 1.04 bits per heavy atom. The summed E-state index contributed by atoms with van der Waals surface area (Å²) in [6.45, 7) is 13.7. The fraction of sp³-hybridized carbons (Fsp3) is 0.619. The monoisotopic (exact) mass is 332 g/mol. The number of carbonyl (C=O) groups is 2. The molecule has 0 N–H and O–H groups in total. The van der Waals surface area contributed by atoms with Gasteiger partial charge in [0.1, 0.15) is 0 Å². The van der Waals surface area contributed by atoms with Gasteiger partial charge in [-0.3, -0.25) is 9.59 Å². The summed E-state index contributed by atoms with van der Waals surface area (Å²) >= 11 is 0. The first-order chi connectivity index (χ1) is 11.2. The Morgan fingerprint density at radius 2 is 1.58 bits per heavy atom. The van der Waals surface area contributed by atoms with E-state index >= 15 is 0 Å². The standard InChI is InChI=1S/C21H32O3/c1-8-9-10-15(5)21(23)24-20(13(2)3)19(22)18-16(6)11-14(4)12-17(18)7/h11-13,15,20H,8-10H2,1-7H3. The van der Waals surface area contributed by atoms with Gasteiger partial charge in [-0.05, 0) is 44.2 Å². The third kappa shape index (κ3) is 5.19. The molecule has 0 aliphatic rings. The second kappa shape index (κ2) is 9.00. The van der Waals surface area contributed by atoms with E-state index in [1.54, 1.807) is 0 Å². The number of rotatable bonds is 8. The summed E-state index contributed by atoms with van der Waals surface area (Å²) in [5, 5.41) is 0. The van der Waals surface area contributed by atoms with Crippen molar-refractivity contribution in [2.24, 2.45) is 11.8 Å². The van der Waals surface area contributed by atoms with Gasteiger partial charge in [0.15, 0.2) is 6.10 Å². The van der Waals surface area contributed by atoms with Crippen molar-refractivity contribution in [2.45, 2.75) is 73.8 Å². The van der Waals surface area contributed by atoms with Crippen LogP contribution < -0.4 is 0 Å². The van der Waals surface area contributed by atoms with Gasteiger partial charge in [-0.1, -0.05) is 58.2 Å². The van der Waals surface area contributed by atoms with Crippen molar-refractivity contribution in [1.29, 1.82) is 0 Å². The molecule has 134 valence electrons. The van der Waals surface area contributed by atoms with Gasteiger partial charge in [0.2, 0.25) is 5.78 Å². The highest BCUT2D eigenvalue weighted by Gasteiger charge is 2.30. The lowest BCUT2D eigenvalue weighted by Gasteiger charge is -2.24. The zero-order valence-electron chi connectivity index (χ0n) is 16.2. The summed E-state index contributed by atoms with van der Waals surface area (Å²) < 4.78 is 5.64. The average Bonchev–Trinajstić information content (AvgIpc) is 2.48. The van der Waals surface area contributed by atoms with Crippen molar-refractivity contribution in [2.75, 3.05) is 0 Å². The normalized spacial score (nSPS) is 13.7. The fourth-order valence-electron chi connectivity index (χ4n) is 3.07. The van der Waals surface area contributed by atoms with E-state index in [1.807, 2.05) is 53.7 Å². The smallest absolute Gasteiger partial charge is 0.309 e. The van der Waals surface area contributed by atoms with Crippen LogP contribution in [0.2, 0.25) is 0 Å². The van der Waals surface area contributed by atoms with E-state index in [0.29, 0.717) is 5.56 Å². The first-order valence-electron chi connectivity index (χ1n) is 9.01. The summed E-state index contributed by atoms with van der Waals surface area (Å²) in [6.07, 6.45) is 2.12. The minimum atomic E-state index is -0.721. The van der Waals surface area contributed by atoms with Crippen molar-refractivity contribution in [3.63, 3.8) is 0 Å². The number of unbranched alkanes of at least 4 members (excludes halogenated alkanes) is 1. The zero-order chi connectivity index (χ0) is 18.4. The van der Waals surface area contributed by atoms with E-state index in [9.17, 15) is 9.59 Å². The number of esters is 1.